The maximum Gasteiger partial charge on any atom is 0.472 e. The molecule has 0 rings (SSSR count). The van der Waals surface area contributed by atoms with Gasteiger partial charge in [0.1, 0.15) is 6.61 Å². The number of hydrogen-bond donors (Lipinski definition) is 2. The second kappa shape index (κ2) is 50.2. The van der Waals surface area contributed by atoms with Crippen molar-refractivity contribution < 1.29 is 37.6 Å². The van der Waals surface area contributed by atoms with Gasteiger partial charge in [0, 0.05) is 19.4 Å². The van der Waals surface area contributed by atoms with Gasteiger partial charge in [-0.2, -0.15) is 0 Å². The third-order valence-electron chi connectivity index (χ3n) is 12.2. The van der Waals surface area contributed by atoms with Crippen molar-refractivity contribution in [2.75, 3.05) is 26.4 Å². The molecule has 0 aromatic carbocycles. The number of allylic oxidation sites excluding steroid dienone is 2. The minimum absolute atomic E-state index is 0.0572. The van der Waals surface area contributed by atoms with Gasteiger partial charge in [-0.1, -0.05) is 244 Å². The number of carbonyl (C=O) groups is 2. The fraction of sp³-hybridized carbons (Fsp3) is 0.925. The largest absolute Gasteiger partial charge is 0.472 e. The van der Waals surface area contributed by atoms with Gasteiger partial charge in [0.25, 0.3) is 0 Å². The molecule has 0 saturated heterocycles. The summed E-state index contributed by atoms with van der Waals surface area (Å²) in [4.78, 5) is 34.9. The minimum Gasteiger partial charge on any atom is -0.462 e. The Balaban J connectivity index is 3.75. The number of ether oxygens (including phenoxy) is 2. The molecule has 0 aliphatic rings. The van der Waals surface area contributed by atoms with Crippen LogP contribution in [0.15, 0.2) is 12.2 Å². The Morgan fingerprint density at radius 2 is 0.778 bits per heavy atom. The van der Waals surface area contributed by atoms with E-state index in [1.54, 1.807) is 0 Å². The van der Waals surface area contributed by atoms with Crippen molar-refractivity contribution >= 4 is 19.8 Å². The van der Waals surface area contributed by atoms with Gasteiger partial charge in [-0.05, 0) is 38.5 Å². The summed E-state index contributed by atoms with van der Waals surface area (Å²) in [5.74, 6) is -0.816. The number of nitrogens with two attached hydrogens (primary N) is 1. The van der Waals surface area contributed by atoms with Crippen LogP contribution in [0, 0.1) is 0 Å². The number of unbranched alkanes of at least 4 members (excludes halogenated alkanes) is 37. The van der Waals surface area contributed by atoms with Crippen molar-refractivity contribution in [1.82, 2.24) is 0 Å². The quantitative estimate of drug-likeness (QED) is 0.0265. The summed E-state index contributed by atoms with van der Waals surface area (Å²) in [6, 6.07) is 0. The molecule has 63 heavy (non-hydrogen) atoms. The van der Waals surface area contributed by atoms with Crippen LogP contribution in [0.5, 0.6) is 0 Å². The van der Waals surface area contributed by atoms with Crippen molar-refractivity contribution in [3.05, 3.63) is 12.2 Å². The number of phosphoric ester groups is 1. The molecule has 0 spiro atoms. The first-order valence-electron chi connectivity index (χ1n) is 27.2. The maximum absolute atomic E-state index is 12.6. The number of hydrogen-bond acceptors (Lipinski definition) is 8. The smallest absolute Gasteiger partial charge is 0.462 e. The molecule has 374 valence electrons. The van der Waals surface area contributed by atoms with Gasteiger partial charge in [0.2, 0.25) is 0 Å². The van der Waals surface area contributed by atoms with Crippen molar-refractivity contribution in [3.63, 3.8) is 0 Å². The molecule has 2 unspecified atom stereocenters. The van der Waals surface area contributed by atoms with Gasteiger partial charge in [0.15, 0.2) is 6.10 Å². The minimum atomic E-state index is -4.37. The van der Waals surface area contributed by atoms with Crippen LogP contribution in [0.4, 0.5) is 0 Å². The number of carbonyl (C=O) groups excluding carboxylic acids is 2. The lowest BCUT2D eigenvalue weighted by Crippen LogP contribution is -2.29. The van der Waals surface area contributed by atoms with Crippen LogP contribution >= 0.6 is 7.82 Å². The normalized spacial score (nSPS) is 13.1. The molecule has 0 amide bonds. The highest BCUT2D eigenvalue weighted by Crippen LogP contribution is 2.43. The van der Waals surface area contributed by atoms with E-state index in [-0.39, 0.29) is 38.6 Å². The standard InChI is InChI=1S/C53H104NO8P/c1-3-5-7-9-11-13-14-15-16-17-18-19-20-21-22-23-24-25-26-27-28-29-30-31-32-33-34-35-36-38-40-42-44-46-53(56)62-51(50-61-63(57,58)60-48-47-54)49-59-52(55)45-43-41-39-37-12-10-8-6-4-2/h17-18,51H,3-16,19-50,54H2,1-2H3,(H,57,58)/b18-17-. The lowest BCUT2D eigenvalue weighted by molar-refractivity contribution is -0.161. The van der Waals surface area contributed by atoms with Gasteiger partial charge in [-0.25, -0.2) is 4.57 Å². The first-order valence-corrected chi connectivity index (χ1v) is 28.7. The summed E-state index contributed by atoms with van der Waals surface area (Å²) in [6.45, 7) is 3.75. The Labute approximate surface area is 389 Å². The number of rotatable bonds is 52. The zero-order valence-corrected chi connectivity index (χ0v) is 42.5. The van der Waals surface area contributed by atoms with Crippen molar-refractivity contribution in [2.24, 2.45) is 5.73 Å². The molecule has 10 heteroatoms. The lowest BCUT2D eigenvalue weighted by Gasteiger charge is -2.19. The molecule has 0 heterocycles. The third kappa shape index (κ3) is 50.0. The molecule has 9 nitrogen and oxygen atoms in total. The van der Waals surface area contributed by atoms with Crippen LogP contribution in [0.25, 0.3) is 0 Å². The molecule has 0 bridgehead atoms. The second-order valence-electron chi connectivity index (χ2n) is 18.5. The zero-order chi connectivity index (χ0) is 46.0. The van der Waals surface area contributed by atoms with E-state index < -0.39 is 26.5 Å². The van der Waals surface area contributed by atoms with Crippen LogP contribution in [0.3, 0.4) is 0 Å². The molecule has 0 radical (unpaired) electrons. The van der Waals surface area contributed by atoms with E-state index in [9.17, 15) is 19.0 Å². The van der Waals surface area contributed by atoms with Gasteiger partial charge in [-0.3, -0.25) is 18.6 Å². The highest BCUT2D eigenvalue weighted by atomic mass is 31.2. The highest BCUT2D eigenvalue weighted by molar-refractivity contribution is 7.47. The van der Waals surface area contributed by atoms with Crippen LogP contribution in [-0.4, -0.2) is 49.3 Å². The summed E-state index contributed by atoms with van der Waals surface area (Å²) in [6.07, 6.45) is 55.9. The molecule has 0 saturated carbocycles. The Morgan fingerprint density at radius 1 is 0.460 bits per heavy atom. The van der Waals surface area contributed by atoms with Crippen molar-refractivity contribution in [1.29, 1.82) is 0 Å². The van der Waals surface area contributed by atoms with Crippen molar-refractivity contribution in [2.45, 2.75) is 290 Å². The first-order chi connectivity index (χ1) is 30.8. The SMILES string of the molecule is CCCCCCCCCC/C=C\CCCCCCCCCCCCCCCCCCCCCCCC(=O)OC(COC(=O)CCCCCCCCCCC)COP(=O)(O)OCCN. The molecule has 0 aromatic heterocycles. The van der Waals surface area contributed by atoms with Gasteiger partial charge >= 0.3 is 19.8 Å². The fourth-order valence-corrected chi connectivity index (χ4v) is 8.87. The maximum atomic E-state index is 12.6. The molecule has 0 aliphatic heterocycles. The predicted molar refractivity (Wildman–Crippen MR) is 266 cm³/mol. The van der Waals surface area contributed by atoms with E-state index >= 15 is 0 Å². The third-order valence-corrected chi connectivity index (χ3v) is 13.1. The molecular weight excluding hydrogens is 810 g/mol. The van der Waals surface area contributed by atoms with Crippen LogP contribution < -0.4 is 5.73 Å². The average molecular weight is 914 g/mol. The average Bonchev–Trinajstić information content (AvgIpc) is 3.27. The second-order valence-corrected chi connectivity index (χ2v) is 19.9. The van der Waals surface area contributed by atoms with Gasteiger partial charge < -0.3 is 20.1 Å². The topological polar surface area (TPSA) is 134 Å². The molecule has 2 atom stereocenters. The van der Waals surface area contributed by atoms with Crippen LogP contribution in [-0.2, 0) is 32.7 Å². The molecule has 0 aliphatic carbocycles. The highest BCUT2D eigenvalue weighted by Gasteiger charge is 2.26. The van der Waals surface area contributed by atoms with E-state index in [2.05, 4.69) is 26.0 Å². The molecular formula is C53H104NO8P. The van der Waals surface area contributed by atoms with Crippen LogP contribution in [0.2, 0.25) is 0 Å². The molecule has 3 N–H and O–H groups in total. The van der Waals surface area contributed by atoms with E-state index in [0.717, 1.165) is 32.1 Å². The summed E-state index contributed by atoms with van der Waals surface area (Å²) in [5, 5.41) is 0. The molecule has 0 fully saturated rings. The lowest BCUT2D eigenvalue weighted by atomic mass is 10.0. The van der Waals surface area contributed by atoms with Crippen LogP contribution in [0.1, 0.15) is 284 Å². The number of phosphoric acid groups is 1. The van der Waals surface area contributed by atoms with Gasteiger partial charge in [-0.15, -0.1) is 0 Å². The van der Waals surface area contributed by atoms with E-state index in [1.807, 2.05) is 0 Å². The van der Waals surface area contributed by atoms with E-state index in [0.29, 0.717) is 6.42 Å². The fourth-order valence-electron chi connectivity index (χ4n) is 8.10. The first kappa shape index (κ1) is 61.8. The summed E-state index contributed by atoms with van der Waals surface area (Å²) < 4.78 is 32.8. The summed E-state index contributed by atoms with van der Waals surface area (Å²) >= 11 is 0. The van der Waals surface area contributed by atoms with Crippen molar-refractivity contribution in [3.8, 4) is 0 Å². The predicted octanol–water partition coefficient (Wildman–Crippen LogP) is 16.5. The number of esters is 2. The monoisotopic (exact) mass is 914 g/mol. The molecule has 0 aromatic rings. The summed E-state index contributed by atoms with van der Waals surface area (Å²) in [7, 11) is -4.37. The Hall–Kier alpha value is -1.25. The Bertz CT molecular complexity index is 1040. The van der Waals surface area contributed by atoms with E-state index in [4.69, 9.17) is 24.3 Å². The van der Waals surface area contributed by atoms with Gasteiger partial charge in [0.05, 0.1) is 13.2 Å². The summed E-state index contributed by atoms with van der Waals surface area (Å²) in [5.41, 5.74) is 5.36. The Morgan fingerprint density at radius 3 is 1.13 bits per heavy atom. The van der Waals surface area contributed by atoms with E-state index in [1.165, 1.54) is 218 Å². The Kier molecular flexibility index (Phi) is 49.2. The zero-order valence-electron chi connectivity index (χ0n) is 41.6.